The van der Waals surface area contributed by atoms with E-state index in [0.717, 1.165) is 16.0 Å². The molecule has 0 amide bonds. The molecule has 0 bridgehead atoms. The Labute approximate surface area is 113 Å². The highest BCUT2D eigenvalue weighted by atomic mass is 32.1. The highest BCUT2D eigenvalue weighted by Gasteiger charge is 2.11. The zero-order valence-corrected chi connectivity index (χ0v) is 11.5. The number of aromatic nitrogens is 4. The first-order chi connectivity index (χ1) is 9.25. The van der Waals surface area contributed by atoms with Gasteiger partial charge in [0.2, 0.25) is 5.89 Å². The third kappa shape index (κ3) is 2.28. The van der Waals surface area contributed by atoms with E-state index in [4.69, 9.17) is 4.52 Å². The third-order valence-corrected chi connectivity index (χ3v) is 4.12. The minimum absolute atomic E-state index is 0.621. The van der Waals surface area contributed by atoms with Crippen molar-refractivity contribution in [2.24, 2.45) is 0 Å². The molecule has 6 nitrogen and oxygen atoms in total. The van der Waals surface area contributed by atoms with Crippen LogP contribution in [-0.4, -0.2) is 26.7 Å². The van der Waals surface area contributed by atoms with Crippen LogP contribution < -0.4 is 5.32 Å². The molecule has 0 saturated heterocycles. The van der Waals surface area contributed by atoms with Gasteiger partial charge in [0.1, 0.15) is 17.0 Å². The van der Waals surface area contributed by atoms with Crippen molar-refractivity contribution in [2.75, 3.05) is 11.9 Å². The molecule has 0 aromatic carbocycles. The Balaban J connectivity index is 1.80. The average molecular weight is 275 g/mol. The summed E-state index contributed by atoms with van der Waals surface area (Å²) in [5, 5.41) is 7.99. The summed E-state index contributed by atoms with van der Waals surface area (Å²) in [4.78, 5) is 14.9. The Morgan fingerprint density at radius 2 is 2.11 bits per heavy atom. The van der Waals surface area contributed by atoms with Crippen molar-refractivity contribution in [1.29, 1.82) is 0 Å². The summed E-state index contributed by atoms with van der Waals surface area (Å²) in [6.45, 7) is 4.90. The maximum absolute atomic E-state index is 4.95. The van der Waals surface area contributed by atoms with Crippen molar-refractivity contribution in [1.82, 2.24) is 20.1 Å². The quantitative estimate of drug-likeness (QED) is 0.787. The summed E-state index contributed by atoms with van der Waals surface area (Å²) < 4.78 is 4.95. The van der Waals surface area contributed by atoms with Gasteiger partial charge < -0.3 is 9.84 Å². The first kappa shape index (κ1) is 12.0. The fourth-order valence-corrected chi connectivity index (χ4v) is 2.91. The molecule has 0 saturated carbocycles. The van der Waals surface area contributed by atoms with Crippen LogP contribution in [0.2, 0.25) is 0 Å². The molecule has 0 aliphatic rings. The summed E-state index contributed by atoms with van der Waals surface area (Å²) in [7, 11) is 0. The average Bonchev–Trinajstić information content (AvgIpc) is 3.00. The van der Waals surface area contributed by atoms with Gasteiger partial charge in [-0.1, -0.05) is 5.16 Å². The summed E-state index contributed by atoms with van der Waals surface area (Å²) in [6, 6.07) is 0. The number of thiophene rings is 1. The number of nitrogens with one attached hydrogen (secondary N) is 1. The Kier molecular flexibility index (Phi) is 3.12. The second-order valence-electron chi connectivity index (χ2n) is 4.20. The molecule has 0 fully saturated rings. The van der Waals surface area contributed by atoms with Crippen molar-refractivity contribution in [2.45, 2.75) is 20.3 Å². The van der Waals surface area contributed by atoms with Crippen molar-refractivity contribution in [3.63, 3.8) is 0 Å². The number of anilines is 1. The number of hydrogen-bond acceptors (Lipinski definition) is 7. The molecule has 0 atom stereocenters. The van der Waals surface area contributed by atoms with E-state index in [2.05, 4.69) is 39.3 Å². The number of hydrogen-bond donors (Lipinski definition) is 1. The van der Waals surface area contributed by atoms with E-state index < -0.39 is 0 Å². The van der Waals surface area contributed by atoms with Crippen molar-refractivity contribution < 1.29 is 4.52 Å². The predicted octanol–water partition coefficient (Wildman–Crippen LogP) is 2.35. The molecule has 0 aliphatic carbocycles. The first-order valence-electron chi connectivity index (χ1n) is 5.96. The Hall–Kier alpha value is -2.02. The second-order valence-corrected chi connectivity index (χ2v) is 5.40. The summed E-state index contributed by atoms with van der Waals surface area (Å²) in [5.74, 6) is 1.49. The van der Waals surface area contributed by atoms with Crippen LogP contribution >= 0.6 is 11.3 Å². The van der Waals surface area contributed by atoms with Crippen LogP contribution in [0.4, 0.5) is 5.82 Å². The molecule has 1 N–H and O–H groups in total. The first-order valence-corrected chi connectivity index (χ1v) is 6.77. The molecule has 3 aromatic rings. The molecule has 98 valence electrons. The second kappa shape index (κ2) is 4.93. The highest BCUT2D eigenvalue weighted by molar-refractivity contribution is 7.18. The summed E-state index contributed by atoms with van der Waals surface area (Å²) in [5.41, 5.74) is 1.24. The predicted molar refractivity (Wildman–Crippen MR) is 73.4 cm³/mol. The maximum atomic E-state index is 4.95. The lowest BCUT2D eigenvalue weighted by molar-refractivity contribution is 0.380. The van der Waals surface area contributed by atoms with Crippen molar-refractivity contribution in [3.05, 3.63) is 29.0 Å². The van der Waals surface area contributed by atoms with Crippen molar-refractivity contribution >= 4 is 27.4 Å². The largest absolute Gasteiger partial charge is 0.369 e. The van der Waals surface area contributed by atoms with E-state index in [9.17, 15) is 0 Å². The minimum Gasteiger partial charge on any atom is -0.369 e. The lowest BCUT2D eigenvalue weighted by Crippen LogP contribution is -2.07. The van der Waals surface area contributed by atoms with Crippen LogP contribution in [0.5, 0.6) is 0 Å². The van der Waals surface area contributed by atoms with Gasteiger partial charge in [0.25, 0.3) is 0 Å². The van der Waals surface area contributed by atoms with E-state index in [1.807, 2.05) is 0 Å². The standard InChI is InChI=1S/C12H13N5OS/c1-7-8(2)19-12-10(7)11(15-5-16-12)13-4-3-9-14-6-17-18-9/h5-6H,3-4H2,1-2H3,(H,13,15,16). The monoisotopic (exact) mass is 275 g/mol. The minimum atomic E-state index is 0.621. The fraction of sp³-hybridized carbons (Fsp3) is 0.333. The number of nitrogens with zero attached hydrogens (tertiary/aromatic N) is 4. The van der Waals surface area contributed by atoms with E-state index in [-0.39, 0.29) is 0 Å². The normalized spacial score (nSPS) is 11.1. The molecule has 0 unspecified atom stereocenters. The molecule has 0 radical (unpaired) electrons. The van der Waals surface area contributed by atoms with E-state index in [0.29, 0.717) is 18.9 Å². The van der Waals surface area contributed by atoms with Crippen LogP contribution in [-0.2, 0) is 6.42 Å². The van der Waals surface area contributed by atoms with Gasteiger partial charge in [-0.2, -0.15) is 4.98 Å². The van der Waals surface area contributed by atoms with Gasteiger partial charge in [0.05, 0.1) is 5.39 Å². The number of aryl methyl sites for hydroxylation is 2. The van der Waals surface area contributed by atoms with Crippen LogP contribution in [0.15, 0.2) is 17.2 Å². The Morgan fingerprint density at radius 3 is 2.89 bits per heavy atom. The molecule has 3 aromatic heterocycles. The van der Waals surface area contributed by atoms with Crippen LogP contribution in [0.25, 0.3) is 10.2 Å². The van der Waals surface area contributed by atoms with Gasteiger partial charge in [-0.25, -0.2) is 9.97 Å². The van der Waals surface area contributed by atoms with Gasteiger partial charge in [-0.05, 0) is 19.4 Å². The number of rotatable bonds is 4. The molecule has 0 aliphatic heterocycles. The van der Waals surface area contributed by atoms with Gasteiger partial charge in [0, 0.05) is 17.8 Å². The molecule has 3 heterocycles. The lowest BCUT2D eigenvalue weighted by atomic mass is 10.2. The van der Waals surface area contributed by atoms with Gasteiger partial charge in [-0.3, -0.25) is 0 Å². The lowest BCUT2D eigenvalue weighted by Gasteiger charge is -2.05. The van der Waals surface area contributed by atoms with Crippen molar-refractivity contribution in [3.8, 4) is 0 Å². The van der Waals surface area contributed by atoms with E-state index in [1.54, 1.807) is 17.7 Å². The smallest absolute Gasteiger partial charge is 0.228 e. The SMILES string of the molecule is Cc1sc2ncnc(NCCc3ncno3)c2c1C. The highest BCUT2D eigenvalue weighted by Crippen LogP contribution is 2.32. The molecule has 7 heteroatoms. The van der Waals surface area contributed by atoms with Gasteiger partial charge >= 0.3 is 0 Å². The van der Waals surface area contributed by atoms with Gasteiger partial charge in [0.15, 0.2) is 6.33 Å². The molecular formula is C12H13N5OS. The third-order valence-electron chi connectivity index (χ3n) is 3.00. The van der Waals surface area contributed by atoms with Crippen LogP contribution in [0, 0.1) is 13.8 Å². The maximum Gasteiger partial charge on any atom is 0.228 e. The van der Waals surface area contributed by atoms with E-state index in [1.165, 1.54) is 16.8 Å². The molecule has 3 rings (SSSR count). The van der Waals surface area contributed by atoms with Crippen LogP contribution in [0.3, 0.4) is 0 Å². The van der Waals surface area contributed by atoms with Crippen LogP contribution in [0.1, 0.15) is 16.3 Å². The zero-order chi connectivity index (χ0) is 13.2. The van der Waals surface area contributed by atoms with Gasteiger partial charge in [-0.15, -0.1) is 11.3 Å². The number of fused-ring (bicyclic) bond motifs is 1. The Bertz CT molecular complexity index is 692. The Morgan fingerprint density at radius 1 is 1.21 bits per heavy atom. The molecule has 19 heavy (non-hydrogen) atoms. The fourth-order valence-electron chi connectivity index (χ4n) is 1.91. The summed E-state index contributed by atoms with van der Waals surface area (Å²) in [6.07, 6.45) is 3.67. The molecule has 0 spiro atoms. The topological polar surface area (TPSA) is 76.7 Å². The summed E-state index contributed by atoms with van der Waals surface area (Å²) >= 11 is 1.69. The zero-order valence-electron chi connectivity index (χ0n) is 10.7. The molecular weight excluding hydrogens is 262 g/mol. The van der Waals surface area contributed by atoms with E-state index >= 15 is 0 Å².